The Labute approximate surface area is 204 Å². The minimum atomic E-state index is -4.01. The van der Waals surface area contributed by atoms with E-state index < -0.39 is 14.9 Å². The molecule has 1 fully saturated rings. The molecule has 10 heteroatoms. The fraction of sp³-hybridized carbons (Fsp3) is 0.240. The highest BCUT2D eigenvalue weighted by atomic mass is 32.2. The van der Waals surface area contributed by atoms with Crippen LogP contribution in [-0.2, 0) is 16.6 Å². The molecule has 0 atom stereocenters. The van der Waals surface area contributed by atoms with Crippen LogP contribution in [0.15, 0.2) is 77.7 Å². The summed E-state index contributed by atoms with van der Waals surface area (Å²) in [6.45, 7) is 5.75. The smallest absolute Gasteiger partial charge is 0.270 e. The minimum Gasteiger partial charge on any atom is -0.336 e. The number of benzene rings is 3. The molecule has 9 nitrogen and oxygen atoms in total. The zero-order chi connectivity index (χ0) is 25.0. The minimum absolute atomic E-state index is 0.103. The van der Waals surface area contributed by atoms with Gasteiger partial charge in [0.2, 0.25) is 0 Å². The SMILES string of the molecule is Cc1ccccc1CN1CCN(C(=O)c2ccc(NS(=O)(=O)c3cccc([N+](=O)[O-])c3)cc2)CC1. The van der Waals surface area contributed by atoms with Crippen molar-refractivity contribution in [1.29, 1.82) is 0 Å². The van der Waals surface area contributed by atoms with Gasteiger partial charge < -0.3 is 4.90 Å². The lowest BCUT2D eigenvalue weighted by molar-refractivity contribution is -0.385. The highest BCUT2D eigenvalue weighted by Gasteiger charge is 2.23. The van der Waals surface area contributed by atoms with E-state index in [1.807, 2.05) is 12.1 Å². The van der Waals surface area contributed by atoms with E-state index in [1.165, 1.54) is 41.5 Å². The third-order valence-electron chi connectivity index (χ3n) is 6.04. The van der Waals surface area contributed by atoms with E-state index in [0.717, 1.165) is 25.7 Å². The molecule has 3 aromatic rings. The molecule has 0 unspecified atom stereocenters. The maximum atomic E-state index is 12.9. The number of carbonyl (C=O) groups excluding carboxylic acids is 1. The van der Waals surface area contributed by atoms with Crippen molar-refractivity contribution in [2.24, 2.45) is 0 Å². The van der Waals surface area contributed by atoms with Crippen LogP contribution in [0.4, 0.5) is 11.4 Å². The summed E-state index contributed by atoms with van der Waals surface area (Å²) in [4.78, 5) is 27.1. The Hall–Kier alpha value is -3.76. The van der Waals surface area contributed by atoms with Gasteiger partial charge in [-0.3, -0.25) is 24.5 Å². The van der Waals surface area contributed by atoms with Gasteiger partial charge in [-0.25, -0.2) is 8.42 Å². The van der Waals surface area contributed by atoms with Crippen molar-refractivity contribution in [2.45, 2.75) is 18.4 Å². The maximum absolute atomic E-state index is 12.9. The molecule has 1 heterocycles. The first-order valence-electron chi connectivity index (χ1n) is 11.2. The number of hydrogen-bond donors (Lipinski definition) is 1. The number of rotatable bonds is 7. The number of non-ortho nitro benzene ring substituents is 1. The quantitative estimate of drug-likeness (QED) is 0.396. The predicted molar refractivity (Wildman–Crippen MR) is 133 cm³/mol. The van der Waals surface area contributed by atoms with Crippen molar-refractivity contribution in [2.75, 3.05) is 30.9 Å². The zero-order valence-corrected chi connectivity index (χ0v) is 20.1. The van der Waals surface area contributed by atoms with Crippen molar-refractivity contribution >= 4 is 27.3 Å². The number of anilines is 1. The second-order valence-corrected chi connectivity index (χ2v) is 10.1. The number of nitro groups is 1. The van der Waals surface area contributed by atoms with Crippen LogP contribution in [0.1, 0.15) is 21.5 Å². The highest BCUT2D eigenvalue weighted by Crippen LogP contribution is 2.21. The van der Waals surface area contributed by atoms with Crippen LogP contribution in [0, 0.1) is 17.0 Å². The molecule has 4 rings (SSSR count). The molecule has 3 aromatic carbocycles. The van der Waals surface area contributed by atoms with Crippen LogP contribution in [0.25, 0.3) is 0 Å². The Morgan fingerprint density at radius 2 is 1.66 bits per heavy atom. The lowest BCUT2D eigenvalue weighted by atomic mass is 10.1. The Balaban J connectivity index is 1.36. The van der Waals surface area contributed by atoms with Crippen molar-refractivity contribution in [3.8, 4) is 0 Å². The van der Waals surface area contributed by atoms with Gasteiger partial charge in [0.05, 0.1) is 9.82 Å². The molecular weight excluding hydrogens is 468 g/mol. The fourth-order valence-corrected chi connectivity index (χ4v) is 5.08. The Morgan fingerprint density at radius 3 is 2.31 bits per heavy atom. The highest BCUT2D eigenvalue weighted by molar-refractivity contribution is 7.92. The molecule has 182 valence electrons. The van der Waals surface area contributed by atoms with Crippen LogP contribution in [0.2, 0.25) is 0 Å². The first-order chi connectivity index (χ1) is 16.7. The molecule has 1 amide bonds. The summed E-state index contributed by atoms with van der Waals surface area (Å²) in [5, 5.41) is 10.9. The van der Waals surface area contributed by atoms with Gasteiger partial charge in [-0.05, 0) is 48.4 Å². The van der Waals surface area contributed by atoms with E-state index in [2.05, 4.69) is 28.7 Å². The maximum Gasteiger partial charge on any atom is 0.270 e. The summed E-state index contributed by atoms with van der Waals surface area (Å²) in [6, 6.07) is 19.3. The summed E-state index contributed by atoms with van der Waals surface area (Å²) in [5.74, 6) is -0.103. The van der Waals surface area contributed by atoms with E-state index >= 15 is 0 Å². The number of nitrogens with zero attached hydrogens (tertiary/aromatic N) is 3. The van der Waals surface area contributed by atoms with Crippen LogP contribution in [0.3, 0.4) is 0 Å². The van der Waals surface area contributed by atoms with Gasteiger partial charge in [-0.1, -0.05) is 30.3 Å². The first-order valence-corrected chi connectivity index (χ1v) is 12.6. The van der Waals surface area contributed by atoms with Crippen molar-refractivity contribution in [3.63, 3.8) is 0 Å². The predicted octanol–water partition coefficient (Wildman–Crippen LogP) is 3.66. The van der Waals surface area contributed by atoms with Crippen molar-refractivity contribution < 1.29 is 18.1 Å². The molecule has 1 N–H and O–H groups in total. The third kappa shape index (κ3) is 5.84. The average Bonchev–Trinajstić information content (AvgIpc) is 2.86. The number of piperazine rings is 1. The van der Waals surface area contributed by atoms with E-state index in [1.54, 1.807) is 17.0 Å². The standard InChI is InChI=1S/C25H26N4O5S/c1-19-5-2-3-6-21(19)18-27-13-15-28(16-14-27)25(30)20-9-11-22(12-10-20)26-35(33,34)24-8-4-7-23(17-24)29(31)32/h2-12,17,26H,13-16,18H2,1H3. The normalized spacial score (nSPS) is 14.5. The van der Waals surface area contributed by atoms with Crippen LogP contribution in [0.5, 0.6) is 0 Å². The lowest BCUT2D eigenvalue weighted by Crippen LogP contribution is -2.48. The molecular formula is C25H26N4O5S. The Kier molecular flexibility index (Phi) is 7.13. The van der Waals surface area contributed by atoms with Crippen molar-refractivity contribution in [3.05, 3.63) is 99.6 Å². The van der Waals surface area contributed by atoms with E-state index in [0.29, 0.717) is 18.7 Å². The van der Waals surface area contributed by atoms with Crippen molar-refractivity contribution in [1.82, 2.24) is 9.80 Å². The van der Waals surface area contributed by atoms with Gasteiger partial charge in [0.25, 0.3) is 21.6 Å². The summed E-state index contributed by atoms with van der Waals surface area (Å²) >= 11 is 0. The van der Waals surface area contributed by atoms with Crippen LogP contribution in [-0.4, -0.2) is 55.2 Å². The monoisotopic (exact) mass is 494 g/mol. The lowest BCUT2D eigenvalue weighted by Gasteiger charge is -2.35. The number of hydrogen-bond acceptors (Lipinski definition) is 6. The second-order valence-electron chi connectivity index (χ2n) is 8.43. The first kappa shape index (κ1) is 24.4. The third-order valence-corrected chi connectivity index (χ3v) is 7.42. The molecule has 0 aliphatic carbocycles. The molecule has 0 aromatic heterocycles. The average molecular weight is 495 g/mol. The molecule has 0 saturated carbocycles. The molecule has 0 radical (unpaired) electrons. The number of aryl methyl sites for hydroxylation is 1. The van der Waals surface area contributed by atoms with E-state index in [9.17, 15) is 23.3 Å². The van der Waals surface area contributed by atoms with E-state index in [4.69, 9.17) is 0 Å². The molecule has 35 heavy (non-hydrogen) atoms. The zero-order valence-electron chi connectivity index (χ0n) is 19.3. The Morgan fingerprint density at radius 1 is 0.971 bits per heavy atom. The van der Waals surface area contributed by atoms with E-state index in [-0.39, 0.29) is 22.2 Å². The number of nitro benzene ring substituents is 1. The number of nitrogens with one attached hydrogen (secondary N) is 1. The summed E-state index contributed by atoms with van der Waals surface area (Å²) < 4.78 is 27.6. The summed E-state index contributed by atoms with van der Waals surface area (Å²) in [7, 11) is -4.01. The number of sulfonamides is 1. The molecule has 1 aliphatic heterocycles. The van der Waals surface area contributed by atoms with Crippen LogP contribution >= 0.6 is 0 Å². The topological polar surface area (TPSA) is 113 Å². The summed E-state index contributed by atoms with van der Waals surface area (Å²) in [6.07, 6.45) is 0. The number of amides is 1. The van der Waals surface area contributed by atoms with Crippen LogP contribution < -0.4 is 4.72 Å². The van der Waals surface area contributed by atoms with Gasteiger partial charge in [-0.15, -0.1) is 0 Å². The number of carbonyl (C=O) groups is 1. The summed E-state index contributed by atoms with van der Waals surface area (Å²) in [5.41, 5.74) is 2.96. The fourth-order valence-electron chi connectivity index (χ4n) is 3.98. The van der Waals surface area contributed by atoms with Gasteiger partial charge in [0.15, 0.2) is 0 Å². The molecule has 1 saturated heterocycles. The largest absolute Gasteiger partial charge is 0.336 e. The Bertz CT molecular complexity index is 1330. The van der Waals surface area contributed by atoms with Gasteiger partial charge in [0, 0.05) is 56.1 Å². The molecule has 1 aliphatic rings. The molecule has 0 bridgehead atoms. The molecule has 0 spiro atoms. The van der Waals surface area contributed by atoms with Gasteiger partial charge in [-0.2, -0.15) is 0 Å². The van der Waals surface area contributed by atoms with Gasteiger partial charge >= 0.3 is 0 Å². The van der Waals surface area contributed by atoms with Gasteiger partial charge in [0.1, 0.15) is 0 Å². The second kappa shape index (κ2) is 10.2.